The van der Waals surface area contributed by atoms with Crippen LogP contribution in [0.1, 0.15) is 12.8 Å². The Labute approximate surface area is 91.0 Å². The van der Waals surface area contributed by atoms with Crippen molar-refractivity contribution < 1.29 is 9.53 Å². The molecule has 0 aromatic rings. The normalized spacial score (nSPS) is 20.9. The average molecular weight is 208 g/mol. The molecular formula is C10H17BN2O2. The molecule has 15 heavy (non-hydrogen) atoms. The molecule has 0 bridgehead atoms. The van der Waals surface area contributed by atoms with Gasteiger partial charge in [-0.05, 0) is 0 Å². The van der Waals surface area contributed by atoms with E-state index < -0.39 is 5.54 Å². The van der Waals surface area contributed by atoms with Crippen molar-refractivity contribution in [3.8, 4) is 0 Å². The molecule has 1 aliphatic heterocycles. The molecule has 1 rings (SSSR count). The first kappa shape index (κ1) is 12.1. The van der Waals surface area contributed by atoms with Gasteiger partial charge in [-0.25, -0.2) is 0 Å². The summed E-state index contributed by atoms with van der Waals surface area (Å²) in [6, 6.07) is 0. The monoisotopic (exact) mass is 208 g/mol. The second-order valence-electron chi connectivity index (χ2n) is 3.93. The molecule has 1 fully saturated rings. The number of piperidine rings is 1. The van der Waals surface area contributed by atoms with Crippen molar-refractivity contribution in [2.75, 3.05) is 20.1 Å². The van der Waals surface area contributed by atoms with Crippen LogP contribution in [0.5, 0.6) is 0 Å². The first-order chi connectivity index (χ1) is 7.08. The fourth-order valence-electron chi connectivity index (χ4n) is 1.50. The van der Waals surface area contributed by atoms with E-state index in [2.05, 4.69) is 11.5 Å². The Bertz CT molecular complexity index is 271. The van der Waals surface area contributed by atoms with Crippen molar-refractivity contribution in [2.45, 2.75) is 18.4 Å². The van der Waals surface area contributed by atoms with Crippen molar-refractivity contribution in [2.24, 2.45) is 5.73 Å². The molecule has 5 heteroatoms. The molecule has 1 heterocycles. The van der Waals surface area contributed by atoms with Crippen LogP contribution in [0.15, 0.2) is 12.6 Å². The summed E-state index contributed by atoms with van der Waals surface area (Å²) in [5.74, 6) is 1.19. The van der Waals surface area contributed by atoms with E-state index in [0.29, 0.717) is 12.8 Å². The Morgan fingerprint density at radius 1 is 1.60 bits per heavy atom. The summed E-state index contributed by atoms with van der Waals surface area (Å²) in [5, 5.41) is 0. The number of nitrogens with zero attached hydrogens (tertiary/aromatic N) is 1. The van der Waals surface area contributed by atoms with Crippen LogP contribution < -0.4 is 5.73 Å². The molecule has 1 aliphatic rings. The fourth-order valence-corrected chi connectivity index (χ4v) is 1.50. The Morgan fingerprint density at radius 2 is 2.20 bits per heavy atom. The van der Waals surface area contributed by atoms with Gasteiger partial charge in [-0.1, -0.05) is 0 Å². The second kappa shape index (κ2) is 5.23. The zero-order valence-electron chi connectivity index (χ0n) is 9.11. The second-order valence-corrected chi connectivity index (χ2v) is 3.93. The number of hydrogen-bond donors (Lipinski definition) is 1. The van der Waals surface area contributed by atoms with Gasteiger partial charge in [0.1, 0.15) is 0 Å². The topological polar surface area (TPSA) is 55.6 Å². The van der Waals surface area contributed by atoms with Crippen LogP contribution in [0, 0.1) is 0 Å². The number of esters is 1. The summed E-state index contributed by atoms with van der Waals surface area (Å²) in [7, 11) is 2.02. The minimum atomic E-state index is -0.821. The third-order valence-corrected chi connectivity index (χ3v) is 2.68. The van der Waals surface area contributed by atoms with Crippen molar-refractivity contribution in [1.29, 1.82) is 0 Å². The van der Waals surface area contributed by atoms with Crippen molar-refractivity contribution in [3.05, 3.63) is 12.6 Å². The fraction of sp³-hybridized carbons (Fsp3) is 0.600. The predicted molar refractivity (Wildman–Crippen MR) is 61.8 cm³/mol. The zero-order chi connectivity index (χ0) is 11.3. The van der Waals surface area contributed by atoms with E-state index >= 15 is 0 Å². The third kappa shape index (κ3) is 3.29. The predicted octanol–water partition coefficient (Wildman–Crippen LogP) is -0.440. The van der Waals surface area contributed by atoms with E-state index in [4.69, 9.17) is 10.5 Å². The molecule has 0 radical (unpaired) electrons. The standard InChI is InChI=1S/C10H17BN2O2/c1-3-11-8-15-9(14)10(12)4-6-13(2)7-5-10/h3,8H,1,4-7,12H2,2H3. The molecule has 82 valence electrons. The van der Waals surface area contributed by atoms with Crippen LogP contribution in [0.25, 0.3) is 0 Å². The quantitative estimate of drug-likeness (QED) is 0.504. The first-order valence-corrected chi connectivity index (χ1v) is 5.04. The minimum absolute atomic E-state index is 0.353. The van der Waals surface area contributed by atoms with E-state index in [-0.39, 0.29) is 5.97 Å². The van der Waals surface area contributed by atoms with Crippen LogP contribution in [-0.2, 0) is 9.53 Å². The van der Waals surface area contributed by atoms with Crippen molar-refractivity contribution in [3.63, 3.8) is 0 Å². The first-order valence-electron chi connectivity index (χ1n) is 5.04. The van der Waals surface area contributed by atoms with Crippen LogP contribution in [0.4, 0.5) is 0 Å². The van der Waals surface area contributed by atoms with E-state index in [9.17, 15) is 4.79 Å². The number of nitrogens with two attached hydrogens (primary N) is 1. The maximum atomic E-state index is 11.7. The van der Waals surface area contributed by atoms with E-state index in [0.717, 1.165) is 13.1 Å². The van der Waals surface area contributed by atoms with Crippen LogP contribution >= 0.6 is 0 Å². The Balaban J connectivity index is 2.50. The molecule has 0 aromatic carbocycles. The van der Waals surface area contributed by atoms with E-state index in [1.807, 2.05) is 7.05 Å². The molecule has 1 saturated heterocycles. The van der Waals surface area contributed by atoms with E-state index in [1.54, 1.807) is 12.9 Å². The molecule has 0 unspecified atom stereocenters. The molecule has 0 aromatic heterocycles. The van der Waals surface area contributed by atoms with Crippen molar-refractivity contribution >= 4 is 19.0 Å². The summed E-state index contributed by atoms with van der Waals surface area (Å²) in [5.41, 5.74) is 5.16. The van der Waals surface area contributed by atoms with Gasteiger partial charge in [-0.15, -0.1) is 0 Å². The molecule has 4 nitrogen and oxygen atoms in total. The number of hydrogen-bond acceptors (Lipinski definition) is 4. The number of ether oxygens (including phenoxy) is 1. The van der Waals surface area contributed by atoms with E-state index in [1.165, 1.54) is 6.15 Å². The molecule has 2 N–H and O–H groups in total. The molecule has 0 spiro atoms. The van der Waals surface area contributed by atoms with Gasteiger partial charge < -0.3 is 0 Å². The number of rotatable bonds is 3. The SMILES string of the molecule is C=C/B=C\OC(=O)C1(N)CCN(C)CC1. The summed E-state index contributed by atoms with van der Waals surface area (Å²) in [6.07, 6.45) is 2.61. The summed E-state index contributed by atoms with van der Waals surface area (Å²) in [6.45, 7) is 6.71. The van der Waals surface area contributed by atoms with Gasteiger partial charge in [0.05, 0.1) is 0 Å². The number of carbonyl (C=O) groups excluding carboxylic acids is 1. The van der Waals surface area contributed by atoms with Crippen LogP contribution in [0.3, 0.4) is 0 Å². The Morgan fingerprint density at radius 3 is 2.73 bits per heavy atom. The average Bonchev–Trinajstić information content (AvgIpc) is 2.23. The molecule has 0 saturated carbocycles. The molecule has 0 atom stereocenters. The summed E-state index contributed by atoms with van der Waals surface area (Å²) < 4.78 is 4.93. The van der Waals surface area contributed by atoms with Gasteiger partial charge in [0.25, 0.3) is 0 Å². The number of carbonyl (C=O) groups is 1. The van der Waals surface area contributed by atoms with Gasteiger partial charge in [0, 0.05) is 0 Å². The summed E-state index contributed by atoms with van der Waals surface area (Å²) in [4.78, 5) is 13.8. The van der Waals surface area contributed by atoms with Gasteiger partial charge in [-0.3, -0.25) is 0 Å². The van der Waals surface area contributed by atoms with Crippen molar-refractivity contribution in [1.82, 2.24) is 4.90 Å². The van der Waals surface area contributed by atoms with Gasteiger partial charge in [0.15, 0.2) is 0 Å². The maximum absolute atomic E-state index is 11.7. The molecule has 0 aliphatic carbocycles. The Kier molecular flexibility index (Phi) is 4.23. The van der Waals surface area contributed by atoms with Crippen LogP contribution in [0.2, 0.25) is 0 Å². The Hall–Kier alpha value is -0.935. The molecule has 0 amide bonds. The van der Waals surface area contributed by atoms with Gasteiger partial charge >= 0.3 is 90.3 Å². The van der Waals surface area contributed by atoms with Gasteiger partial charge in [0.2, 0.25) is 0 Å². The zero-order valence-corrected chi connectivity index (χ0v) is 9.11. The molecular weight excluding hydrogens is 191 g/mol. The van der Waals surface area contributed by atoms with Crippen LogP contribution in [-0.4, -0.2) is 49.6 Å². The third-order valence-electron chi connectivity index (χ3n) is 2.68. The summed E-state index contributed by atoms with van der Waals surface area (Å²) >= 11 is 0. The number of likely N-dealkylation sites (tertiary alicyclic amines) is 1. The van der Waals surface area contributed by atoms with Gasteiger partial charge in [-0.2, -0.15) is 0 Å².